The Morgan fingerprint density at radius 1 is 1.24 bits per heavy atom. The van der Waals surface area contributed by atoms with Crippen molar-refractivity contribution in [2.45, 2.75) is 50.7 Å². The quantitative estimate of drug-likeness (QED) is 0.372. The highest BCUT2D eigenvalue weighted by Crippen LogP contribution is 2.41. The highest BCUT2D eigenvalue weighted by Gasteiger charge is 2.35. The number of aromatic nitrogens is 2. The normalized spacial score (nSPS) is 15.5. The van der Waals surface area contributed by atoms with Gasteiger partial charge in [-0.05, 0) is 54.2 Å². The Morgan fingerprint density at radius 2 is 2.00 bits per heavy atom. The largest absolute Gasteiger partial charge is 0.477 e. The monoisotopic (exact) mass is 453 g/mol. The van der Waals surface area contributed by atoms with Gasteiger partial charge in [0.25, 0.3) is 0 Å². The molecule has 0 amide bonds. The van der Waals surface area contributed by atoms with Crippen molar-refractivity contribution in [3.05, 3.63) is 70.6 Å². The molecule has 0 radical (unpaired) electrons. The van der Waals surface area contributed by atoms with Crippen molar-refractivity contribution in [3.63, 3.8) is 0 Å². The number of hydrogen-bond donors (Lipinski definition) is 1. The molecule has 1 fully saturated rings. The Labute approximate surface area is 188 Å². The van der Waals surface area contributed by atoms with Crippen molar-refractivity contribution >= 4 is 23.1 Å². The molecule has 0 spiro atoms. The Morgan fingerprint density at radius 3 is 2.67 bits per heavy atom. The van der Waals surface area contributed by atoms with E-state index in [1.54, 1.807) is 47.3 Å². The third-order valence-corrected chi connectivity index (χ3v) is 6.14. The second kappa shape index (κ2) is 9.10. The zero-order valence-electron chi connectivity index (χ0n) is 17.8. The van der Waals surface area contributed by atoms with Crippen molar-refractivity contribution in [3.8, 4) is 6.07 Å². The highest BCUT2D eigenvalue weighted by atomic mass is 19.4. The van der Waals surface area contributed by atoms with Crippen LogP contribution in [0.3, 0.4) is 0 Å². The van der Waals surface area contributed by atoms with Crippen LogP contribution in [0.1, 0.15) is 60.3 Å². The first-order chi connectivity index (χ1) is 15.8. The van der Waals surface area contributed by atoms with Gasteiger partial charge in [-0.2, -0.15) is 18.4 Å². The summed E-state index contributed by atoms with van der Waals surface area (Å²) in [6.07, 6.45) is 4.47. The molecule has 0 bridgehead atoms. The lowest BCUT2D eigenvalue weighted by Gasteiger charge is -2.25. The van der Waals surface area contributed by atoms with Crippen LogP contribution in [0.4, 0.5) is 13.2 Å². The van der Waals surface area contributed by atoms with Gasteiger partial charge in [0.1, 0.15) is 17.3 Å². The number of pyridine rings is 1. The van der Waals surface area contributed by atoms with Gasteiger partial charge >= 0.3 is 12.1 Å². The molecule has 2 aromatic heterocycles. The van der Waals surface area contributed by atoms with Crippen molar-refractivity contribution in [1.82, 2.24) is 9.55 Å². The smallest absolute Gasteiger partial charge is 0.416 e. The van der Waals surface area contributed by atoms with Crippen LogP contribution in [0, 0.1) is 11.3 Å². The molecule has 1 aliphatic rings. The Hall–Kier alpha value is -3.60. The maximum absolute atomic E-state index is 13.9. The first-order valence-electron chi connectivity index (χ1n) is 10.8. The van der Waals surface area contributed by atoms with Crippen molar-refractivity contribution in [2.75, 3.05) is 0 Å². The van der Waals surface area contributed by atoms with Gasteiger partial charge in [0.05, 0.1) is 5.56 Å². The maximum atomic E-state index is 13.9. The van der Waals surface area contributed by atoms with Gasteiger partial charge in [-0.15, -0.1) is 0 Å². The average Bonchev–Trinajstić information content (AvgIpc) is 3.14. The SMILES string of the molecule is N#C/C(=C\c1cn(Cc2ccc(C3CCCCC3)c(C(F)(F)F)c2)c2ncccc12)C(=O)O. The van der Waals surface area contributed by atoms with Gasteiger partial charge in [0.15, 0.2) is 0 Å². The molecular weight excluding hydrogens is 431 g/mol. The molecule has 8 heteroatoms. The molecule has 0 aliphatic heterocycles. The number of nitrogens with zero attached hydrogens (tertiary/aromatic N) is 3. The fourth-order valence-electron chi connectivity index (χ4n) is 4.60. The standard InChI is InChI=1S/C25H22F3N3O2/c26-25(27,28)22-11-16(8-9-20(22)17-5-2-1-3-6-17)14-31-15-19(12-18(13-29)24(32)33)21-7-4-10-30-23(21)31/h4,7-12,15,17H,1-3,5-6,14H2,(H,32,33)/b18-12+. The summed E-state index contributed by atoms with van der Waals surface area (Å²) in [6.45, 7) is 0.129. The summed E-state index contributed by atoms with van der Waals surface area (Å²) in [5.74, 6) is -1.42. The number of carboxylic acid groups (broad SMARTS) is 1. The van der Waals surface area contributed by atoms with Crippen LogP contribution in [0.25, 0.3) is 17.1 Å². The second-order valence-corrected chi connectivity index (χ2v) is 8.32. The molecule has 1 N–H and O–H groups in total. The fraction of sp³-hybridized carbons (Fsp3) is 0.320. The average molecular weight is 453 g/mol. The summed E-state index contributed by atoms with van der Waals surface area (Å²) in [4.78, 5) is 15.6. The predicted octanol–water partition coefficient (Wildman–Crippen LogP) is 6.14. The zero-order valence-corrected chi connectivity index (χ0v) is 17.8. The molecule has 1 aliphatic carbocycles. The molecule has 0 saturated heterocycles. The lowest BCUT2D eigenvalue weighted by atomic mass is 9.81. The van der Waals surface area contributed by atoms with Gasteiger partial charge in [-0.25, -0.2) is 9.78 Å². The summed E-state index contributed by atoms with van der Waals surface area (Å²) < 4.78 is 43.4. The van der Waals surface area contributed by atoms with E-state index in [1.807, 2.05) is 0 Å². The van der Waals surface area contributed by atoms with E-state index >= 15 is 0 Å². The number of rotatable bonds is 5. The Bertz CT molecular complexity index is 1260. The lowest BCUT2D eigenvalue weighted by Crippen LogP contribution is -2.15. The minimum absolute atomic E-state index is 0.0735. The van der Waals surface area contributed by atoms with E-state index in [0.717, 1.165) is 32.1 Å². The van der Waals surface area contributed by atoms with Crippen molar-refractivity contribution < 1.29 is 23.1 Å². The predicted molar refractivity (Wildman–Crippen MR) is 117 cm³/mol. The third kappa shape index (κ3) is 4.77. The van der Waals surface area contributed by atoms with Gasteiger partial charge in [-0.3, -0.25) is 0 Å². The van der Waals surface area contributed by atoms with E-state index < -0.39 is 23.3 Å². The minimum atomic E-state index is -4.45. The van der Waals surface area contributed by atoms with E-state index in [4.69, 9.17) is 10.4 Å². The number of hydrogen-bond acceptors (Lipinski definition) is 3. The number of alkyl halides is 3. The van der Waals surface area contributed by atoms with E-state index in [-0.39, 0.29) is 12.5 Å². The van der Waals surface area contributed by atoms with E-state index in [0.29, 0.717) is 27.7 Å². The molecule has 1 saturated carbocycles. The Balaban J connectivity index is 1.74. The van der Waals surface area contributed by atoms with Gasteiger partial charge in [0.2, 0.25) is 0 Å². The summed E-state index contributed by atoms with van der Waals surface area (Å²) in [5.41, 5.74) is 0.773. The maximum Gasteiger partial charge on any atom is 0.416 e. The molecule has 1 aromatic carbocycles. The van der Waals surface area contributed by atoms with E-state index in [9.17, 15) is 18.0 Å². The molecule has 0 unspecified atom stereocenters. The zero-order chi connectivity index (χ0) is 23.6. The van der Waals surface area contributed by atoms with Gasteiger partial charge in [-0.1, -0.05) is 31.4 Å². The number of nitriles is 1. The van der Waals surface area contributed by atoms with Crippen molar-refractivity contribution in [2.24, 2.45) is 0 Å². The first-order valence-corrected chi connectivity index (χ1v) is 10.8. The summed E-state index contributed by atoms with van der Waals surface area (Å²) in [5, 5.41) is 18.9. The van der Waals surface area contributed by atoms with Crippen LogP contribution >= 0.6 is 0 Å². The van der Waals surface area contributed by atoms with E-state index in [2.05, 4.69) is 4.98 Å². The molecule has 0 atom stereocenters. The fourth-order valence-corrected chi connectivity index (χ4v) is 4.60. The third-order valence-electron chi connectivity index (χ3n) is 6.14. The molecule has 33 heavy (non-hydrogen) atoms. The van der Waals surface area contributed by atoms with Gasteiger partial charge < -0.3 is 9.67 Å². The molecule has 3 aromatic rings. The molecule has 170 valence electrons. The summed E-state index contributed by atoms with van der Waals surface area (Å²) >= 11 is 0. The minimum Gasteiger partial charge on any atom is -0.477 e. The summed E-state index contributed by atoms with van der Waals surface area (Å²) in [7, 11) is 0. The topological polar surface area (TPSA) is 78.9 Å². The number of fused-ring (bicyclic) bond motifs is 1. The number of carboxylic acids is 1. The van der Waals surface area contributed by atoms with Crippen LogP contribution in [0.5, 0.6) is 0 Å². The second-order valence-electron chi connectivity index (χ2n) is 8.32. The molecule has 4 rings (SSSR count). The van der Waals surface area contributed by atoms with Crippen LogP contribution < -0.4 is 0 Å². The van der Waals surface area contributed by atoms with Crippen LogP contribution in [0.15, 0.2) is 48.3 Å². The highest BCUT2D eigenvalue weighted by molar-refractivity contribution is 5.99. The van der Waals surface area contributed by atoms with Crippen molar-refractivity contribution in [1.29, 1.82) is 5.26 Å². The molecular formula is C25H22F3N3O2. The molecule has 2 heterocycles. The van der Waals surface area contributed by atoms with Gasteiger partial charge in [0, 0.05) is 29.9 Å². The number of aliphatic carboxylic acids is 1. The van der Waals surface area contributed by atoms with E-state index in [1.165, 1.54) is 12.1 Å². The molecule has 5 nitrogen and oxygen atoms in total. The van der Waals surface area contributed by atoms with Crippen LogP contribution in [-0.2, 0) is 17.5 Å². The summed E-state index contributed by atoms with van der Waals surface area (Å²) in [6, 6.07) is 9.59. The van der Waals surface area contributed by atoms with Crippen LogP contribution in [0.2, 0.25) is 0 Å². The lowest BCUT2D eigenvalue weighted by molar-refractivity contribution is -0.138. The number of benzene rings is 1. The first kappa shape index (κ1) is 22.6. The Kier molecular flexibility index (Phi) is 6.23. The number of carbonyl (C=O) groups is 1. The number of halogens is 3. The van der Waals surface area contributed by atoms with Crippen LogP contribution in [-0.4, -0.2) is 20.6 Å².